The van der Waals surface area contributed by atoms with E-state index < -0.39 is 19.2 Å². The van der Waals surface area contributed by atoms with E-state index in [1.165, 1.54) is 0 Å². The normalized spacial score (nSPS) is 23.1. The number of fused-ring (bicyclic) bond motifs is 1. The molecule has 0 aromatic heterocycles. The predicted octanol–water partition coefficient (Wildman–Crippen LogP) is 1.68. The fourth-order valence-electron chi connectivity index (χ4n) is 4.20. The third kappa shape index (κ3) is 6.12. The molecule has 1 saturated carbocycles. The van der Waals surface area contributed by atoms with Crippen molar-refractivity contribution in [2.75, 3.05) is 13.2 Å². The second kappa shape index (κ2) is 9.76. The molecule has 1 aromatic rings. The van der Waals surface area contributed by atoms with Crippen molar-refractivity contribution in [3.8, 4) is 6.07 Å². The van der Waals surface area contributed by atoms with Gasteiger partial charge < -0.3 is 25.0 Å². The molecule has 1 saturated heterocycles. The molecule has 0 unspecified atom stereocenters. The number of carbonyl (C=O) groups is 2. The van der Waals surface area contributed by atoms with Crippen molar-refractivity contribution in [1.29, 1.82) is 5.26 Å². The molecule has 0 radical (unpaired) electrons. The number of likely N-dealkylation sites (tertiary alicyclic amines) is 1. The van der Waals surface area contributed by atoms with E-state index in [2.05, 4.69) is 5.32 Å². The summed E-state index contributed by atoms with van der Waals surface area (Å²) in [5.74, 6) is -0.642. The number of carbonyl (C=O) groups excluding carboxylic acids is 2. The van der Waals surface area contributed by atoms with Crippen LogP contribution in [0.1, 0.15) is 32.8 Å². The van der Waals surface area contributed by atoms with Crippen LogP contribution in [0, 0.1) is 28.6 Å². The van der Waals surface area contributed by atoms with E-state index in [4.69, 9.17) is 4.74 Å². The van der Waals surface area contributed by atoms with Crippen LogP contribution >= 0.6 is 0 Å². The highest BCUT2D eigenvalue weighted by Gasteiger charge is 2.54. The molecule has 1 aliphatic heterocycles. The zero-order valence-electron chi connectivity index (χ0n) is 18.7. The van der Waals surface area contributed by atoms with Crippen molar-refractivity contribution in [3.63, 3.8) is 0 Å². The molecule has 0 bridgehead atoms. The van der Waals surface area contributed by atoms with E-state index in [0.29, 0.717) is 12.5 Å². The number of ether oxygens (including phenoxy) is 1. The topological polar surface area (TPSA) is 123 Å². The van der Waals surface area contributed by atoms with Crippen molar-refractivity contribution < 1.29 is 24.4 Å². The highest BCUT2D eigenvalue weighted by Crippen LogP contribution is 2.50. The molecule has 3 rings (SSSR count). The monoisotopic (exact) mass is 439 g/mol. The first-order chi connectivity index (χ1) is 15.1. The van der Waals surface area contributed by atoms with E-state index in [9.17, 15) is 24.9 Å². The fourth-order valence-corrected chi connectivity index (χ4v) is 4.20. The summed E-state index contributed by atoms with van der Waals surface area (Å²) in [6, 6.07) is 10.9. The lowest BCUT2D eigenvalue weighted by Crippen LogP contribution is -2.49. The van der Waals surface area contributed by atoms with E-state index in [1.54, 1.807) is 11.0 Å². The van der Waals surface area contributed by atoms with Crippen LogP contribution < -0.4 is 5.32 Å². The highest BCUT2D eigenvalue weighted by atomic mass is 16.5. The minimum absolute atomic E-state index is 0.00739. The van der Waals surface area contributed by atoms with Gasteiger partial charge in [-0.25, -0.2) is 4.79 Å². The molecule has 0 spiro atoms. The molecular weight excluding hydrogens is 409 g/mol. The molecule has 2 aliphatic rings. The number of nitrogens with zero attached hydrogens (tertiary/aromatic N) is 2. The number of hydrogen-bond acceptors (Lipinski definition) is 6. The van der Waals surface area contributed by atoms with Crippen LogP contribution in [0.3, 0.4) is 0 Å². The van der Waals surface area contributed by atoms with Crippen LogP contribution in [-0.2, 0) is 16.0 Å². The number of amides is 2. The Labute approximate surface area is 189 Å². The number of nitriles is 1. The fraction of sp³-hybridized carbons (Fsp3) is 0.522. The largest absolute Gasteiger partial charge is 0.475 e. The number of alkyl carbamates (subject to hydrolysis) is 1. The van der Waals surface area contributed by atoms with Gasteiger partial charge >= 0.3 is 13.2 Å². The van der Waals surface area contributed by atoms with E-state index in [1.807, 2.05) is 57.2 Å². The smallest absolute Gasteiger partial charge is 0.447 e. The number of allylic oxidation sites excluding steroid dienone is 1. The van der Waals surface area contributed by atoms with Crippen LogP contribution in [0.4, 0.5) is 4.79 Å². The molecule has 8 nitrogen and oxygen atoms in total. The molecular formula is C23H30BN3O5. The van der Waals surface area contributed by atoms with Crippen LogP contribution in [0.25, 0.3) is 0 Å². The summed E-state index contributed by atoms with van der Waals surface area (Å²) >= 11 is 0. The van der Waals surface area contributed by atoms with Crippen molar-refractivity contribution in [1.82, 2.24) is 10.2 Å². The Morgan fingerprint density at radius 3 is 2.62 bits per heavy atom. The quantitative estimate of drug-likeness (QED) is 0.338. The maximum absolute atomic E-state index is 13.0. The van der Waals surface area contributed by atoms with Gasteiger partial charge in [-0.2, -0.15) is 5.26 Å². The average molecular weight is 439 g/mol. The van der Waals surface area contributed by atoms with Crippen LogP contribution in [0.5, 0.6) is 0 Å². The van der Waals surface area contributed by atoms with Crippen LogP contribution in [0.15, 0.2) is 42.0 Å². The zero-order chi connectivity index (χ0) is 23.5. The standard InChI is InChI=1S/C23H30BN3O5/c1-23(2,3)11-17(12-25)21(28)27-13-16-10-18(16)19(27)14-32-22(29)26-20(24(30)31)9-15-7-5-4-6-8-15/h4-8,11,16,18-20,30-31H,9-10,13-14H2,1-3H3,(H,26,29)/b17-11-/t16-,18-,19-,20+/m1/s1. The second-order valence-electron chi connectivity index (χ2n) is 9.67. The van der Waals surface area contributed by atoms with E-state index in [-0.39, 0.29) is 41.9 Å². The van der Waals surface area contributed by atoms with E-state index in [0.717, 1.165) is 12.0 Å². The minimum Gasteiger partial charge on any atom is -0.447 e. The number of nitrogens with one attached hydrogen (secondary N) is 1. The van der Waals surface area contributed by atoms with Crippen molar-refractivity contribution in [3.05, 3.63) is 47.5 Å². The summed E-state index contributed by atoms with van der Waals surface area (Å²) in [4.78, 5) is 26.9. The zero-order valence-corrected chi connectivity index (χ0v) is 18.7. The van der Waals surface area contributed by atoms with Gasteiger partial charge in [0.2, 0.25) is 0 Å². The van der Waals surface area contributed by atoms with Gasteiger partial charge in [-0.05, 0) is 35.7 Å². The summed E-state index contributed by atoms with van der Waals surface area (Å²) in [5.41, 5.74) is 0.627. The summed E-state index contributed by atoms with van der Waals surface area (Å²) in [5, 5.41) is 31.2. The molecule has 2 fully saturated rings. The van der Waals surface area contributed by atoms with Gasteiger partial charge in [0.05, 0.1) is 12.0 Å². The minimum atomic E-state index is -1.75. The van der Waals surface area contributed by atoms with Crippen molar-refractivity contribution in [2.24, 2.45) is 17.3 Å². The summed E-state index contributed by atoms with van der Waals surface area (Å²) in [7, 11) is -1.75. The summed E-state index contributed by atoms with van der Waals surface area (Å²) < 4.78 is 5.37. The molecule has 1 aromatic carbocycles. The molecule has 1 aliphatic carbocycles. The van der Waals surface area contributed by atoms with Gasteiger partial charge in [-0.1, -0.05) is 57.2 Å². The SMILES string of the molecule is CC(C)(C)/C=C(/C#N)C(=O)N1C[C@H]2C[C@H]2[C@H]1COC(=O)N[C@@H](Cc1ccccc1)B(O)O. The summed E-state index contributed by atoms with van der Waals surface area (Å²) in [6.07, 6.45) is 2.09. The van der Waals surface area contributed by atoms with Gasteiger partial charge in [0.15, 0.2) is 0 Å². The number of piperidine rings is 1. The van der Waals surface area contributed by atoms with Crippen molar-refractivity contribution >= 4 is 19.1 Å². The Kier molecular flexibility index (Phi) is 7.27. The maximum atomic E-state index is 13.0. The van der Waals surface area contributed by atoms with E-state index >= 15 is 0 Å². The maximum Gasteiger partial charge on any atom is 0.475 e. The van der Waals surface area contributed by atoms with Crippen LogP contribution in [0.2, 0.25) is 0 Å². The summed E-state index contributed by atoms with van der Waals surface area (Å²) in [6.45, 7) is 6.31. The average Bonchev–Trinajstić information content (AvgIpc) is 3.41. The number of benzene rings is 1. The third-order valence-corrected chi connectivity index (χ3v) is 5.84. The molecule has 9 heteroatoms. The second-order valence-corrected chi connectivity index (χ2v) is 9.67. The first-order valence-electron chi connectivity index (χ1n) is 10.9. The third-order valence-electron chi connectivity index (χ3n) is 5.84. The first-order valence-corrected chi connectivity index (χ1v) is 10.9. The Hall–Kier alpha value is -2.83. The number of hydrogen-bond donors (Lipinski definition) is 3. The van der Waals surface area contributed by atoms with Crippen LogP contribution in [-0.4, -0.2) is 59.2 Å². The molecule has 4 atom stereocenters. The molecule has 2 amide bonds. The lowest BCUT2D eigenvalue weighted by atomic mass is 9.76. The van der Waals surface area contributed by atoms with Crippen molar-refractivity contribution in [2.45, 2.75) is 45.6 Å². The lowest BCUT2D eigenvalue weighted by Gasteiger charge is -2.28. The van der Waals surface area contributed by atoms with Gasteiger partial charge in [0, 0.05) is 6.54 Å². The van der Waals surface area contributed by atoms with Gasteiger partial charge in [-0.15, -0.1) is 0 Å². The Balaban J connectivity index is 1.59. The van der Waals surface area contributed by atoms with Gasteiger partial charge in [-0.3, -0.25) is 4.79 Å². The first kappa shape index (κ1) is 23.8. The molecule has 32 heavy (non-hydrogen) atoms. The molecule has 3 N–H and O–H groups in total. The highest BCUT2D eigenvalue weighted by molar-refractivity contribution is 6.43. The Morgan fingerprint density at radius 1 is 1.34 bits per heavy atom. The number of rotatable bonds is 7. The molecule has 170 valence electrons. The van der Waals surface area contributed by atoms with Gasteiger partial charge in [0.1, 0.15) is 18.2 Å². The Morgan fingerprint density at radius 2 is 2.03 bits per heavy atom. The predicted molar refractivity (Wildman–Crippen MR) is 119 cm³/mol. The molecule has 1 heterocycles. The van der Waals surface area contributed by atoms with Gasteiger partial charge in [0.25, 0.3) is 5.91 Å². The Bertz CT molecular complexity index is 906. The lowest BCUT2D eigenvalue weighted by molar-refractivity contribution is -0.129.